The minimum absolute atomic E-state index is 0.0455. The van der Waals surface area contributed by atoms with E-state index in [1.165, 1.54) is 24.3 Å². The summed E-state index contributed by atoms with van der Waals surface area (Å²) < 4.78 is 27.9. The molecule has 9 nitrogen and oxygen atoms in total. The highest BCUT2D eigenvalue weighted by atomic mass is 32.2. The molecule has 1 fully saturated rings. The number of sulfonamides is 1. The molecule has 0 bridgehead atoms. The molecule has 0 saturated carbocycles. The number of carbonyl (C=O) groups is 2. The lowest BCUT2D eigenvalue weighted by Gasteiger charge is -2.18. The van der Waals surface area contributed by atoms with Crippen molar-refractivity contribution in [2.75, 3.05) is 23.4 Å². The van der Waals surface area contributed by atoms with E-state index in [0.29, 0.717) is 18.8 Å². The summed E-state index contributed by atoms with van der Waals surface area (Å²) in [6.07, 6.45) is 0.186. The highest BCUT2D eigenvalue weighted by Gasteiger charge is 2.31. The molecule has 154 valence electrons. The molecular weight excluding hydrogens is 396 g/mol. The number of urea groups is 1. The number of nitrogens with zero attached hydrogens (tertiary/aromatic N) is 1. The molecule has 3 rings (SSSR count). The van der Waals surface area contributed by atoms with Crippen molar-refractivity contribution in [2.24, 2.45) is 5.14 Å². The van der Waals surface area contributed by atoms with E-state index in [9.17, 15) is 18.0 Å². The second-order valence-corrected chi connectivity index (χ2v) is 8.06. The molecule has 29 heavy (non-hydrogen) atoms. The third kappa shape index (κ3) is 5.24. The van der Waals surface area contributed by atoms with Crippen molar-refractivity contribution in [3.63, 3.8) is 0 Å². The van der Waals surface area contributed by atoms with Crippen molar-refractivity contribution >= 4 is 33.3 Å². The van der Waals surface area contributed by atoms with Crippen LogP contribution in [0.5, 0.6) is 5.75 Å². The number of primary sulfonamides is 1. The minimum Gasteiger partial charge on any atom is -0.494 e. The van der Waals surface area contributed by atoms with Gasteiger partial charge in [0, 0.05) is 24.3 Å². The average molecular weight is 418 g/mol. The second kappa shape index (κ2) is 8.50. The van der Waals surface area contributed by atoms with Crippen LogP contribution in [0, 0.1) is 0 Å². The SMILES string of the molecule is CCOc1ccc(N2C[C@H](NC(=O)Nc3ccc(S(N)(=O)=O)cc3)CC2=O)cc1. The summed E-state index contributed by atoms with van der Waals surface area (Å²) in [5.41, 5.74) is 1.14. The number of hydrogen-bond acceptors (Lipinski definition) is 5. The van der Waals surface area contributed by atoms with Gasteiger partial charge in [0.05, 0.1) is 17.5 Å². The van der Waals surface area contributed by atoms with E-state index in [-0.39, 0.29) is 23.3 Å². The molecule has 1 aliphatic heterocycles. The Morgan fingerprint density at radius 3 is 2.41 bits per heavy atom. The van der Waals surface area contributed by atoms with Crippen molar-refractivity contribution in [2.45, 2.75) is 24.3 Å². The van der Waals surface area contributed by atoms with Crippen molar-refractivity contribution in [3.8, 4) is 5.75 Å². The zero-order valence-corrected chi connectivity index (χ0v) is 16.6. The number of carbonyl (C=O) groups excluding carboxylic acids is 2. The van der Waals surface area contributed by atoms with Crippen LogP contribution in [0.3, 0.4) is 0 Å². The Bertz CT molecular complexity index is 990. The molecule has 3 amide bonds. The fourth-order valence-electron chi connectivity index (χ4n) is 3.02. The molecule has 1 heterocycles. The summed E-state index contributed by atoms with van der Waals surface area (Å²) in [6, 6.07) is 11.8. The third-order valence-corrected chi connectivity index (χ3v) is 5.29. The predicted octanol–water partition coefficient (Wildman–Crippen LogP) is 1.66. The topological polar surface area (TPSA) is 131 Å². The van der Waals surface area contributed by atoms with E-state index in [1.807, 2.05) is 6.92 Å². The first-order chi connectivity index (χ1) is 13.8. The van der Waals surface area contributed by atoms with E-state index in [1.54, 1.807) is 29.2 Å². The zero-order chi connectivity index (χ0) is 21.0. The van der Waals surface area contributed by atoms with Crippen molar-refractivity contribution in [1.82, 2.24) is 5.32 Å². The van der Waals surface area contributed by atoms with Crippen LogP contribution >= 0.6 is 0 Å². The van der Waals surface area contributed by atoms with Crippen LogP contribution in [0.25, 0.3) is 0 Å². The molecule has 1 aliphatic rings. The number of nitrogens with one attached hydrogen (secondary N) is 2. The van der Waals surface area contributed by atoms with Gasteiger partial charge in [-0.1, -0.05) is 0 Å². The first kappa shape index (κ1) is 20.6. The fourth-order valence-corrected chi connectivity index (χ4v) is 3.54. The predicted molar refractivity (Wildman–Crippen MR) is 108 cm³/mol. The number of hydrogen-bond donors (Lipinski definition) is 3. The molecule has 0 spiro atoms. The Kier molecular flexibility index (Phi) is 6.04. The molecule has 0 aromatic heterocycles. The van der Waals surface area contributed by atoms with Crippen LogP contribution in [0.1, 0.15) is 13.3 Å². The quantitative estimate of drug-likeness (QED) is 0.657. The van der Waals surface area contributed by atoms with Gasteiger partial charge in [-0.2, -0.15) is 0 Å². The van der Waals surface area contributed by atoms with Crippen LogP contribution in [-0.4, -0.2) is 39.5 Å². The lowest BCUT2D eigenvalue weighted by molar-refractivity contribution is -0.117. The van der Waals surface area contributed by atoms with E-state index in [4.69, 9.17) is 9.88 Å². The van der Waals surface area contributed by atoms with Gasteiger partial charge in [0.15, 0.2) is 0 Å². The highest BCUT2D eigenvalue weighted by Crippen LogP contribution is 2.24. The molecule has 4 N–H and O–H groups in total. The fraction of sp³-hybridized carbons (Fsp3) is 0.263. The van der Waals surface area contributed by atoms with Crippen molar-refractivity contribution in [1.29, 1.82) is 0 Å². The van der Waals surface area contributed by atoms with Gasteiger partial charge in [0.25, 0.3) is 0 Å². The first-order valence-corrected chi connectivity index (χ1v) is 10.5. The Morgan fingerprint density at radius 2 is 1.83 bits per heavy atom. The van der Waals surface area contributed by atoms with Gasteiger partial charge >= 0.3 is 6.03 Å². The normalized spacial score (nSPS) is 16.6. The lowest BCUT2D eigenvalue weighted by Crippen LogP contribution is -2.39. The Balaban J connectivity index is 1.57. The summed E-state index contributed by atoms with van der Waals surface area (Å²) in [7, 11) is -3.79. The third-order valence-electron chi connectivity index (χ3n) is 4.36. The summed E-state index contributed by atoms with van der Waals surface area (Å²) in [4.78, 5) is 26.1. The van der Waals surface area contributed by atoms with Crippen molar-refractivity contribution < 1.29 is 22.7 Å². The smallest absolute Gasteiger partial charge is 0.319 e. The number of amides is 3. The highest BCUT2D eigenvalue weighted by molar-refractivity contribution is 7.89. The van der Waals surface area contributed by atoms with Crippen LogP contribution in [0.2, 0.25) is 0 Å². The van der Waals surface area contributed by atoms with E-state index in [0.717, 1.165) is 11.4 Å². The maximum Gasteiger partial charge on any atom is 0.319 e. The van der Waals surface area contributed by atoms with Crippen LogP contribution < -0.4 is 25.4 Å². The molecule has 0 radical (unpaired) electrons. The summed E-state index contributed by atoms with van der Waals surface area (Å²) in [5, 5.41) is 10.4. The average Bonchev–Trinajstić information content (AvgIpc) is 3.02. The van der Waals surface area contributed by atoms with Gasteiger partial charge in [0.1, 0.15) is 5.75 Å². The summed E-state index contributed by atoms with van der Waals surface area (Å²) in [6.45, 7) is 2.81. The Labute approximate surface area is 168 Å². The van der Waals surface area contributed by atoms with Crippen molar-refractivity contribution in [3.05, 3.63) is 48.5 Å². The summed E-state index contributed by atoms with van der Waals surface area (Å²) in [5.74, 6) is 0.641. The van der Waals surface area contributed by atoms with E-state index < -0.39 is 16.1 Å². The Morgan fingerprint density at radius 1 is 1.17 bits per heavy atom. The van der Waals surface area contributed by atoms with Gasteiger partial charge in [-0.25, -0.2) is 18.4 Å². The number of ether oxygens (including phenoxy) is 1. The molecule has 0 unspecified atom stereocenters. The lowest BCUT2D eigenvalue weighted by atomic mass is 10.2. The number of rotatable bonds is 6. The molecule has 1 atom stereocenters. The standard InChI is InChI=1S/C19H22N4O5S/c1-2-28-16-7-5-15(6-8-16)23-12-14(11-18(23)24)22-19(25)21-13-3-9-17(10-4-13)29(20,26)27/h3-10,14H,2,11-12H2,1H3,(H2,20,26,27)(H2,21,22,25)/t14-/m1/s1. The van der Waals surface area contributed by atoms with Gasteiger partial charge < -0.3 is 20.3 Å². The van der Waals surface area contributed by atoms with Gasteiger partial charge in [-0.05, 0) is 55.5 Å². The molecule has 2 aromatic carbocycles. The van der Waals surface area contributed by atoms with Gasteiger partial charge in [0.2, 0.25) is 15.9 Å². The maximum atomic E-state index is 12.3. The second-order valence-electron chi connectivity index (χ2n) is 6.50. The Hall–Kier alpha value is -3.11. The largest absolute Gasteiger partial charge is 0.494 e. The first-order valence-electron chi connectivity index (χ1n) is 9.00. The number of anilines is 2. The maximum absolute atomic E-state index is 12.3. The number of nitrogens with two attached hydrogens (primary N) is 1. The van der Waals surface area contributed by atoms with Crippen LogP contribution in [0.15, 0.2) is 53.4 Å². The molecule has 2 aromatic rings. The van der Waals surface area contributed by atoms with Crippen LogP contribution in [-0.2, 0) is 14.8 Å². The monoisotopic (exact) mass is 418 g/mol. The van der Waals surface area contributed by atoms with E-state index in [2.05, 4.69) is 10.6 Å². The minimum atomic E-state index is -3.79. The molecule has 10 heteroatoms. The van der Waals surface area contributed by atoms with Gasteiger partial charge in [-0.15, -0.1) is 0 Å². The van der Waals surface area contributed by atoms with Crippen LogP contribution in [0.4, 0.5) is 16.2 Å². The van der Waals surface area contributed by atoms with Gasteiger partial charge in [-0.3, -0.25) is 4.79 Å². The zero-order valence-electron chi connectivity index (χ0n) is 15.8. The number of benzene rings is 2. The molecule has 1 saturated heterocycles. The molecule has 0 aliphatic carbocycles. The summed E-state index contributed by atoms with van der Waals surface area (Å²) >= 11 is 0. The van der Waals surface area contributed by atoms with E-state index >= 15 is 0 Å². The molecular formula is C19H22N4O5S.